The third-order valence-corrected chi connectivity index (χ3v) is 4.57. The molecule has 3 rings (SSSR count). The molecular formula is C20H25N3O2. The number of aromatic nitrogens is 2. The lowest BCUT2D eigenvalue weighted by Gasteiger charge is -2.26. The number of rotatable bonds is 5. The zero-order valence-electron chi connectivity index (χ0n) is 14.9. The fraction of sp³-hybridized carbons (Fsp3) is 0.450. The second-order valence-electron chi connectivity index (χ2n) is 6.90. The van der Waals surface area contributed by atoms with Crippen LogP contribution in [0.5, 0.6) is 0 Å². The van der Waals surface area contributed by atoms with E-state index in [1.807, 2.05) is 31.2 Å². The highest BCUT2D eigenvalue weighted by atomic mass is 16.5. The Morgan fingerprint density at radius 1 is 1.28 bits per heavy atom. The first-order valence-corrected chi connectivity index (χ1v) is 8.90. The molecule has 1 fully saturated rings. The van der Waals surface area contributed by atoms with Gasteiger partial charge in [-0.05, 0) is 43.4 Å². The van der Waals surface area contributed by atoms with Crippen molar-refractivity contribution in [3.05, 3.63) is 53.6 Å². The third-order valence-electron chi connectivity index (χ3n) is 4.57. The third kappa shape index (κ3) is 5.10. The average Bonchev–Trinajstić information content (AvgIpc) is 2.61. The number of nitrogens with zero attached hydrogens (tertiary/aromatic N) is 2. The number of benzene rings is 1. The summed E-state index contributed by atoms with van der Waals surface area (Å²) in [6.45, 7) is 4.70. The van der Waals surface area contributed by atoms with Gasteiger partial charge in [-0.1, -0.05) is 31.9 Å². The first-order chi connectivity index (χ1) is 12.1. The van der Waals surface area contributed by atoms with E-state index < -0.39 is 0 Å². The minimum absolute atomic E-state index is 0.258. The number of aryl methyl sites for hydroxylation is 1. The maximum atomic E-state index is 12.2. The molecule has 1 N–H and O–H groups in total. The predicted molar refractivity (Wildman–Crippen MR) is 97.4 cm³/mol. The van der Waals surface area contributed by atoms with Gasteiger partial charge in [0.25, 0.3) is 5.91 Å². The maximum Gasteiger partial charge on any atom is 0.275 e. The fourth-order valence-corrected chi connectivity index (χ4v) is 3.19. The Labute approximate surface area is 148 Å². The molecule has 1 amide bonds. The number of carbonyl (C=O) groups excluding carboxylic acids is 1. The summed E-state index contributed by atoms with van der Waals surface area (Å²) in [7, 11) is 0. The lowest BCUT2D eigenvalue weighted by atomic mass is 9.89. The van der Waals surface area contributed by atoms with Gasteiger partial charge >= 0.3 is 0 Å². The number of hydrogen-bond acceptors (Lipinski definition) is 4. The van der Waals surface area contributed by atoms with Gasteiger partial charge in [-0.3, -0.25) is 9.78 Å². The lowest BCUT2D eigenvalue weighted by molar-refractivity contribution is 0.00468. The van der Waals surface area contributed by atoms with Crippen molar-refractivity contribution < 1.29 is 9.53 Å². The van der Waals surface area contributed by atoms with Crippen molar-refractivity contribution in [2.75, 3.05) is 5.32 Å². The van der Waals surface area contributed by atoms with Crippen molar-refractivity contribution >= 4 is 11.6 Å². The summed E-state index contributed by atoms with van der Waals surface area (Å²) < 4.78 is 6.06. The van der Waals surface area contributed by atoms with Crippen LogP contribution in [0.2, 0.25) is 0 Å². The summed E-state index contributed by atoms with van der Waals surface area (Å²) in [6.07, 6.45) is 8.27. The Hall–Kier alpha value is -2.27. The molecule has 1 heterocycles. The molecule has 5 heteroatoms. The maximum absolute atomic E-state index is 12.2. The number of ether oxygens (including phenoxy) is 1. The molecule has 0 radical (unpaired) electrons. The predicted octanol–water partition coefficient (Wildman–Crippen LogP) is 4.13. The van der Waals surface area contributed by atoms with E-state index >= 15 is 0 Å². The highest BCUT2D eigenvalue weighted by molar-refractivity contribution is 6.02. The van der Waals surface area contributed by atoms with Crippen LogP contribution in [0.1, 0.15) is 54.4 Å². The number of anilines is 1. The van der Waals surface area contributed by atoms with Crippen molar-refractivity contribution in [3.63, 3.8) is 0 Å². The van der Waals surface area contributed by atoms with Crippen molar-refractivity contribution in [1.29, 1.82) is 0 Å². The smallest absolute Gasteiger partial charge is 0.275 e. The van der Waals surface area contributed by atoms with E-state index in [0.29, 0.717) is 18.4 Å². The molecule has 5 nitrogen and oxygen atoms in total. The Kier molecular flexibility index (Phi) is 5.76. The van der Waals surface area contributed by atoms with Crippen molar-refractivity contribution in [2.24, 2.45) is 5.92 Å². The van der Waals surface area contributed by atoms with Crippen molar-refractivity contribution in [1.82, 2.24) is 9.97 Å². The van der Waals surface area contributed by atoms with Gasteiger partial charge in [0, 0.05) is 11.9 Å². The van der Waals surface area contributed by atoms with Crippen LogP contribution in [0.3, 0.4) is 0 Å². The average molecular weight is 339 g/mol. The van der Waals surface area contributed by atoms with E-state index in [-0.39, 0.29) is 5.91 Å². The number of carbonyl (C=O) groups is 1. The summed E-state index contributed by atoms with van der Waals surface area (Å²) >= 11 is 0. The van der Waals surface area contributed by atoms with Gasteiger partial charge < -0.3 is 10.1 Å². The van der Waals surface area contributed by atoms with E-state index in [1.165, 1.54) is 19.0 Å². The number of nitrogens with one attached hydrogen (secondary N) is 1. The second-order valence-corrected chi connectivity index (χ2v) is 6.90. The monoisotopic (exact) mass is 339 g/mol. The standard InChI is InChI=1S/C20H25N3O2/c1-14-5-3-8-18(9-14)25-13-16-6-4-7-17(10-16)23-20(24)19-12-21-15(2)11-22-19/h4,6-7,10-12,14,18H,3,5,8-9,13H2,1-2H3,(H,23,24)/t14-,18+/m0/s1. The molecule has 2 aromatic rings. The molecule has 1 aliphatic rings. The molecule has 1 aliphatic carbocycles. The molecule has 2 atom stereocenters. The SMILES string of the molecule is Cc1cnc(C(=O)Nc2cccc(CO[C@@H]3CCC[C@H](C)C3)c2)cn1. The van der Waals surface area contributed by atoms with Crippen LogP contribution < -0.4 is 5.32 Å². The largest absolute Gasteiger partial charge is 0.374 e. The van der Waals surface area contributed by atoms with Crippen molar-refractivity contribution in [3.8, 4) is 0 Å². The lowest BCUT2D eigenvalue weighted by Crippen LogP contribution is -2.21. The van der Waals surface area contributed by atoms with Gasteiger partial charge in [0.05, 0.1) is 24.6 Å². The summed E-state index contributed by atoms with van der Waals surface area (Å²) in [5.74, 6) is 0.492. The molecule has 1 saturated carbocycles. The van der Waals surface area contributed by atoms with Gasteiger partial charge in [-0.2, -0.15) is 0 Å². The molecular weight excluding hydrogens is 314 g/mol. The molecule has 1 aromatic carbocycles. The van der Waals surface area contributed by atoms with Gasteiger partial charge in [0.2, 0.25) is 0 Å². The van der Waals surface area contributed by atoms with Crippen LogP contribution in [0.25, 0.3) is 0 Å². The van der Waals surface area contributed by atoms with Crippen molar-refractivity contribution in [2.45, 2.75) is 52.2 Å². The van der Waals surface area contributed by atoms with Gasteiger partial charge in [0.1, 0.15) is 5.69 Å². The summed E-state index contributed by atoms with van der Waals surface area (Å²) in [5, 5.41) is 2.87. The molecule has 1 aromatic heterocycles. The molecule has 0 bridgehead atoms. The summed E-state index contributed by atoms with van der Waals surface area (Å²) in [5.41, 5.74) is 2.90. The van der Waals surface area contributed by atoms with Gasteiger partial charge in [0.15, 0.2) is 0 Å². The molecule has 0 spiro atoms. The van der Waals surface area contributed by atoms with Crippen LogP contribution in [-0.4, -0.2) is 22.0 Å². The zero-order chi connectivity index (χ0) is 17.6. The normalized spacial score (nSPS) is 20.2. The van der Waals surface area contributed by atoms with Gasteiger partial charge in [-0.25, -0.2) is 4.98 Å². The quantitative estimate of drug-likeness (QED) is 0.889. The second kappa shape index (κ2) is 8.21. The Balaban J connectivity index is 1.57. The fourth-order valence-electron chi connectivity index (χ4n) is 3.19. The molecule has 132 valence electrons. The summed E-state index contributed by atoms with van der Waals surface area (Å²) in [4.78, 5) is 20.4. The topological polar surface area (TPSA) is 64.1 Å². The first kappa shape index (κ1) is 17.5. The van der Waals surface area contributed by atoms with E-state index in [2.05, 4.69) is 22.2 Å². The summed E-state index contributed by atoms with van der Waals surface area (Å²) in [6, 6.07) is 7.77. The zero-order valence-corrected chi connectivity index (χ0v) is 14.9. The minimum Gasteiger partial charge on any atom is -0.374 e. The van der Waals surface area contributed by atoms with Crippen LogP contribution in [0, 0.1) is 12.8 Å². The van der Waals surface area contributed by atoms with Crippen LogP contribution in [0.15, 0.2) is 36.7 Å². The molecule has 25 heavy (non-hydrogen) atoms. The van der Waals surface area contributed by atoms with Gasteiger partial charge in [-0.15, -0.1) is 0 Å². The molecule has 0 saturated heterocycles. The Morgan fingerprint density at radius 2 is 2.16 bits per heavy atom. The minimum atomic E-state index is -0.258. The highest BCUT2D eigenvalue weighted by Gasteiger charge is 2.19. The van der Waals surface area contributed by atoms with E-state index in [1.54, 1.807) is 6.20 Å². The highest BCUT2D eigenvalue weighted by Crippen LogP contribution is 2.26. The van der Waals surface area contributed by atoms with Crippen LogP contribution in [-0.2, 0) is 11.3 Å². The number of amides is 1. The van der Waals surface area contributed by atoms with Crippen LogP contribution >= 0.6 is 0 Å². The Morgan fingerprint density at radius 3 is 2.92 bits per heavy atom. The molecule has 0 unspecified atom stereocenters. The van der Waals surface area contributed by atoms with E-state index in [9.17, 15) is 4.79 Å². The number of hydrogen-bond donors (Lipinski definition) is 1. The van der Waals surface area contributed by atoms with E-state index in [0.717, 1.165) is 35.7 Å². The Bertz CT molecular complexity index is 715. The van der Waals surface area contributed by atoms with Crippen LogP contribution in [0.4, 0.5) is 5.69 Å². The first-order valence-electron chi connectivity index (χ1n) is 8.90. The molecule has 0 aliphatic heterocycles. The van der Waals surface area contributed by atoms with E-state index in [4.69, 9.17) is 4.74 Å².